The lowest BCUT2D eigenvalue weighted by molar-refractivity contribution is 0.214. The van der Waals surface area contributed by atoms with Crippen molar-refractivity contribution < 1.29 is 4.74 Å². The third-order valence-electron chi connectivity index (χ3n) is 3.98. The number of likely N-dealkylation sites (N-methyl/N-ethyl adjacent to an activating group) is 1. The van der Waals surface area contributed by atoms with Gasteiger partial charge in [0.15, 0.2) is 0 Å². The summed E-state index contributed by atoms with van der Waals surface area (Å²) in [6.45, 7) is 4.60. The second kappa shape index (κ2) is 6.92. The average Bonchev–Trinajstić information content (AvgIpc) is 2.45. The molecule has 0 bridgehead atoms. The van der Waals surface area contributed by atoms with Gasteiger partial charge in [-0.1, -0.05) is 25.1 Å². The van der Waals surface area contributed by atoms with Crippen LogP contribution in [0.2, 0.25) is 0 Å². The minimum absolute atomic E-state index is 0.382. The van der Waals surface area contributed by atoms with Gasteiger partial charge < -0.3 is 15.0 Å². The van der Waals surface area contributed by atoms with E-state index in [0.717, 1.165) is 18.7 Å². The lowest BCUT2D eigenvalue weighted by atomic mass is 9.99. The second-order valence-corrected chi connectivity index (χ2v) is 5.47. The van der Waals surface area contributed by atoms with Gasteiger partial charge in [0.1, 0.15) is 5.75 Å². The molecule has 1 heterocycles. The van der Waals surface area contributed by atoms with Crippen LogP contribution >= 0.6 is 0 Å². The molecule has 0 radical (unpaired) electrons. The van der Waals surface area contributed by atoms with Crippen molar-refractivity contribution in [2.75, 3.05) is 27.2 Å². The van der Waals surface area contributed by atoms with Crippen LogP contribution in [0.3, 0.4) is 0 Å². The van der Waals surface area contributed by atoms with Gasteiger partial charge in [-0.2, -0.15) is 0 Å². The summed E-state index contributed by atoms with van der Waals surface area (Å²) in [5.41, 5.74) is 1.28. The first-order valence-electron chi connectivity index (χ1n) is 7.32. The summed E-state index contributed by atoms with van der Waals surface area (Å²) in [5, 5.41) is 3.81. The van der Waals surface area contributed by atoms with Crippen LogP contribution in [-0.2, 0) is 0 Å². The summed E-state index contributed by atoms with van der Waals surface area (Å²) in [7, 11) is 3.96. The standard InChI is InChI=1S/C16H26N2O/c1-4-15(14-9-5-6-10-16(14)19-3)17-13-8-7-11-18(2)12-13/h5-6,9-10,13,15,17H,4,7-8,11-12H2,1-3H3. The van der Waals surface area contributed by atoms with Gasteiger partial charge in [0.2, 0.25) is 0 Å². The molecule has 19 heavy (non-hydrogen) atoms. The lowest BCUT2D eigenvalue weighted by Gasteiger charge is -2.33. The van der Waals surface area contributed by atoms with E-state index in [1.165, 1.54) is 24.9 Å². The maximum Gasteiger partial charge on any atom is 0.123 e. The number of nitrogens with zero attached hydrogens (tertiary/aromatic N) is 1. The molecule has 1 aromatic rings. The molecule has 0 saturated carbocycles. The summed E-state index contributed by atoms with van der Waals surface area (Å²) in [6, 6.07) is 9.32. The van der Waals surface area contributed by atoms with E-state index in [1.807, 2.05) is 12.1 Å². The predicted molar refractivity (Wildman–Crippen MR) is 79.7 cm³/mol. The van der Waals surface area contributed by atoms with E-state index >= 15 is 0 Å². The molecule has 1 N–H and O–H groups in total. The lowest BCUT2D eigenvalue weighted by Crippen LogP contribution is -2.45. The van der Waals surface area contributed by atoms with Gasteiger partial charge in [0.05, 0.1) is 7.11 Å². The Labute approximate surface area is 116 Å². The van der Waals surface area contributed by atoms with Crippen LogP contribution in [0, 0.1) is 0 Å². The third-order valence-corrected chi connectivity index (χ3v) is 3.98. The molecule has 1 aliphatic rings. The number of para-hydroxylation sites is 1. The Morgan fingerprint density at radius 1 is 1.42 bits per heavy atom. The normalized spacial score (nSPS) is 22.2. The molecule has 1 saturated heterocycles. The molecule has 1 fully saturated rings. The van der Waals surface area contributed by atoms with E-state index in [2.05, 4.69) is 36.3 Å². The van der Waals surface area contributed by atoms with Gasteiger partial charge in [0, 0.05) is 24.2 Å². The van der Waals surface area contributed by atoms with Gasteiger partial charge in [-0.15, -0.1) is 0 Å². The topological polar surface area (TPSA) is 24.5 Å². The Morgan fingerprint density at radius 2 is 2.21 bits per heavy atom. The molecule has 0 aromatic heterocycles. The first kappa shape index (κ1) is 14.4. The molecule has 3 nitrogen and oxygen atoms in total. The van der Waals surface area contributed by atoms with E-state index in [0.29, 0.717) is 12.1 Å². The monoisotopic (exact) mass is 262 g/mol. The maximum atomic E-state index is 5.49. The van der Waals surface area contributed by atoms with E-state index in [4.69, 9.17) is 4.74 Å². The van der Waals surface area contributed by atoms with Crippen molar-refractivity contribution in [3.63, 3.8) is 0 Å². The summed E-state index contributed by atoms with van der Waals surface area (Å²) in [4.78, 5) is 2.41. The predicted octanol–water partition coefficient (Wildman–Crippen LogP) is 2.83. The molecule has 0 spiro atoms. The van der Waals surface area contributed by atoms with Crippen molar-refractivity contribution in [2.24, 2.45) is 0 Å². The summed E-state index contributed by atoms with van der Waals surface area (Å²) in [6.07, 6.45) is 3.65. The van der Waals surface area contributed by atoms with Crippen LogP contribution in [-0.4, -0.2) is 38.2 Å². The first-order chi connectivity index (χ1) is 9.24. The first-order valence-corrected chi connectivity index (χ1v) is 7.32. The number of hydrogen-bond donors (Lipinski definition) is 1. The Balaban J connectivity index is 2.07. The highest BCUT2D eigenvalue weighted by Gasteiger charge is 2.21. The highest BCUT2D eigenvalue weighted by molar-refractivity contribution is 5.35. The molecule has 3 heteroatoms. The van der Waals surface area contributed by atoms with Crippen LogP contribution in [0.5, 0.6) is 5.75 Å². The van der Waals surface area contributed by atoms with Crippen LogP contribution in [0.15, 0.2) is 24.3 Å². The summed E-state index contributed by atoms with van der Waals surface area (Å²) >= 11 is 0. The van der Waals surface area contributed by atoms with E-state index in [1.54, 1.807) is 7.11 Å². The summed E-state index contributed by atoms with van der Waals surface area (Å²) < 4.78 is 5.49. The van der Waals surface area contributed by atoms with Gasteiger partial charge in [-0.25, -0.2) is 0 Å². The van der Waals surface area contributed by atoms with Crippen molar-refractivity contribution in [1.29, 1.82) is 0 Å². The quantitative estimate of drug-likeness (QED) is 0.883. The van der Waals surface area contributed by atoms with Crippen molar-refractivity contribution in [3.05, 3.63) is 29.8 Å². The van der Waals surface area contributed by atoms with E-state index < -0.39 is 0 Å². The highest BCUT2D eigenvalue weighted by Crippen LogP contribution is 2.28. The largest absolute Gasteiger partial charge is 0.496 e. The number of benzene rings is 1. The zero-order valence-corrected chi connectivity index (χ0v) is 12.4. The Morgan fingerprint density at radius 3 is 2.89 bits per heavy atom. The molecule has 2 rings (SSSR count). The van der Waals surface area contributed by atoms with Crippen LogP contribution < -0.4 is 10.1 Å². The molecule has 0 amide bonds. The number of rotatable bonds is 5. The molecule has 0 aliphatic carbocycles. The Bertz CT molecular complexity index is 394. The molecular formula is C16H26N2O. The summed E-state index contributed by atoms with van der Waals surface area (Å²) in [5.74, 6) is 0.992. The number of nitrogens with one attached hydrogen (secondary N) is 1. The van der Waals surface area contributed by atoms with Gasteiger partial charge in [-0.3, -0.25) is 0 Å². The fourth-order valence-electron chi connectivity index (χ4n) is 2.97. The van der Waals surface area contributed by atoms with Gasteiger partial charge in [-0.05, 0) is 38.9 Å². The third kappa shape index (κ3) is 3.71. The van der Waals surface area contributed by atoms with Crippen LogP contribution in [0.25, 0.3) is 0 Å². The van der Waals surface area contributed by atoms with Crippen LogP contribution in [0.4, 0.5) is 0 Å². The molecule has 2 unspecified atom stereocenters. The highest BCUT2D eigenvalue weighted by atomic mass is 16.5. The van der Waals surface area contributed by atoms with Crippen LogP contribution in [0.1, 0.15) is 37.8 Å². The Hall–Kier alpha value is -1.06. The molecular weight excluding hydrogens is 236 g/mol. The van der Waals surface area contributed by atoms with Crippen molar-refractivity contribution >= 4 is 0 Å². The molecule has 2 atom stereocenters. The SMILES string of the molecule is CCC(NC1CCCN(C)C1)c1ccccc1OC. The second-order valence-electron chi connectivity index (χ2n) is 5.47. The zero-order chi connectivity index (χ0) is 13.7. The number of likely N-dealkylation sites (tertiary alicyclic amines) is 1. The fraction of sp³-hybridized carbons (Fsp3) is 0.625. The van der Waals surface area contributed by atoms with E-state index in [9.17, 15) is 0 Å². The number of hydrogen-bond acceptors (Lipinski definition) is 3. The number of piperidine rings is 1. The zero-order valence-electron chi connectivity index (χ0n) is 12.4. The maximum absolute atomic E-state index is 5.49. The number of ether oxygens (including phenoxy) is 1. The van der Waals surface area contributed by atoms with Crippen molar-refractivity contribution in [2.45, 2.75) is 38.3 Å². The molecule has 1 aromatic carbocycles. The van der Waals surface area contributed by atoms with Gasteiger partial charge in [0.25, 0.3) is 0 Å². The fourth-order valence-corrected chi connectivity index (χ4v) is 2.97. The smallest absolute Gasteiger partial charge is 0.123 e. The number of methoxy groups -OCH3 is 1. The van der Waals surface area contributed by atoms with E-state index in [-0.39, 0.29) is 0 Å². The van der Waals surface area contributed by atoms with Gasteiger partial charge >= 0.3 is 0 Å². The minimum Gasteiger partial charge on any atom is -0.496 e. The van der Waals surface area contributed by atoms with Crippen molar-refractivity contribution in [1.82, 2.24) is 10.2 Å². The average molecular weight is 262 g/mol. The minimum atomic E-state index is 0.382. The van der Waals surface area contributed by atoms with Crippen molar-refractivity contribution in [3.8, 4) is 5.75 Å². The Kier molecular flexibility index (Phi) is 5.23. The molecule has 1 aliphatic heterocycles. The molecule has 106 valence electrons.